The predicted octanol–water partition coefficient (Wildman–Crippen LogP) is 3.59. The number of hydrogen-bond donors (Lipinski definition) is 1. The van der Waals surface area contributed by atoms with Gasteiger partial charge >= 0.3 is 5.91 Å². The third kappa shape index (κ3) is 5.44. The number of methoxy groups -OCH3 is 1. The Morgan fingerprint density at radius 3 is 2.37 bits per heavy atom. The minimum Gasteiger partial charge on any atom is -0.618 e. The SMILES string of the molecule is COc1ccc(-c2ccc(OCc3cc(C(=O)NS(=O)(=O)c4ccccc4)oc3C)cc2)[n+]([O-])c1. The summed E-state index contributed by atoms with van der Waals surface area (Å²) < 4.78 is 43.8. The highest BCUT2D eigenvalue weighted by Gasteiger charge is 2.22. The van der Waals surface area contributed by atoms with Gasteiger partial charge in [-0.25, -0.2) is 13.1 Å². The summed E-state index contributed by atoms with van der Waals surface area (Å²) >= 11 is 0. The Balaban J connectivity index is 1.41. The summed E-state index contributed by atoms with van der Waals surface area (Å²) in [4.78, 5) is 12.4. The molecule has 0 radical (unpaired) electrons. The van der Waals surface area contributed by atoms with Gasteiger partial charge in [0.2, 0.25) is 11.9 Å². The molecule has 0 aliphatic rings. The quantitative estimate of drug-likeness (QED) is 0.293. The van der Waals surface area contributed by atoms with Crippen LogP contribution in [0.4, 0.5) is 0 Å². The number of rotatable bonds is 8. The van der Waals surface area contributed by atoms with Crippen molar-refractivity contribution in [3.8, 4) is 22.8 Å². The molecule has 1 N–H and O–H groups in total. The zero-order valence-electron chi connectivity index (χ0n) is 18.9. The van der Waals surface area contributed by atoms with Gasteiger partial charge in [-0.15, -0.1) is 0 Å². The van der Waals surface area contributed by atoms with Crippen LogP contribution in [0.25, 0.3) is 11.3 Å². The molecule has 2 aromatic heterocycles. The zero-order chi connectivity index (χ0) is 25.0. The first-order valence-electron chi connectivity index (χ1n) is 10.5. The van der Waals surface area contributed by atoms with Crippen molar-refractivity contribution < 1.29 is 31.8 Å². The number of pyridine rings is 1. The van der Waals surface area contributed by atoms with E-state index in [0.29, 0.717) is 34.1 Å². The Kier molecular flexibility index (Phi) is 6.74. The van der Waals surface area contributed by atoms with E-state index in [9.17, 15) is 18.4 Å². The Labute approximate surface area is 202 Å². The molecule has 0 atom stereocenters. The van der Waals surface area contributed by atoms with Gasteiger partial charge in [-0.3, -0.25) is 4.79 Å². The second kappa shape index (κ2) is 9.90. The Hall–Kier alpha value is -4.31. The summed E-state index contributed by atoms with van der Waals surface area (Å²) in [5.41, 5.74) is 1.75. The lowest BCUT2D eigenvalue weighted by atomic mass is 10.1. The number of nitrogens with zero attached hydrogens (tertiary/aromatic N) is 1. The first kappa shape index (κ1) is 23.8. The van der Waals surface area contributed by atoms with Gasteiger partial charge < -0.3 is 19.1 Å². The number of hydrogen-bond acceptors (Lipinski definition) is 7. The summed E-state index contributed by atoms with van der Waals surface area (Å²) in [6.07, 6.45) is 1.35. The Morgan fingerprint density at radius 1 is 1.03 bits per heavy atom. The molecule has 35 heavy (non-hydrogen) atoms. The molecule has 9 nitrogen and oxygen atoms in total. The molecular formula is C25H22N2O7S. The van der Waals surface area contributed by atoms with Crippen LogP contribution >= 0.6 is 0 Å². The lowest BCUT2D eigenvalue weighted by Gasteiger charge is -2.08. The van der Waals surface area contributed by atoms with E-state index in [2.05, 4.69) is 0 Å². The van der Waals surface area contributed by atoms with E-state index in [4.69, 9.17) is 13.9 Å². The molecule has 0 aliphatic carbocycles. The zero-order valence-corrected chi connectivity index (χ0v) is 19.7. The van der Waals surface area contributed by atoms with Gasteiger partial charge in [0.1, 0.15) is 18.1 Å². The predicted molar refractivity (Wildman–Crippen MR) is 126 cm³/mol. The van der Waals surface area contributed by atoms with Crippen LogP contribution in [0, 0.1) is 12.1 Å². The highest BCUT2D eigenvalue weighted by molar-refractivity contribution is 7.90. The Morgan fingerprint density at radius 2 is 1.71 bits per heavy atom. The highest BCUT2D eigenvalue weighted by atomic mass is 32.2. The summed E-state index contributed by atoms with van der Waals surface area (Å²) in [5, 5.41) is 12.2. The molecule has 0 bridgehead atoms. The molecule has 0 aliphatic heterocycles. The Bertz CT molecular complexity index is 1450. The molecule has 0 saturated heterocycles. The number of benzene rings is 2. The average Bonchev–Trinajstić information content (AvgIpc) is 3.24. The number of carbonyl (C=O) groups excluding carboxylic acids is 1. The highest BCUT2D eigenvalue weighted by Crippen LogP contribution is 2.23. The number of carbonyl (C=O) groups is 1. The molecule has 0 spiro atoms. The molecule has 10 heteroatoms. The average molecular weight is 495 g/mol. The number of nitrogens with one attached hydrogen (secondary N) is 1. The molecule has 2 aromatic carbocycles. The number of amides is 1. The van der Waals surface area contributed by atoms with Crippen LogP contribution in [0.5, 0.6) is 11.5 Å². The van der Waals surface area contributed by atoms with Crippen molar-refractivity contribution in [1.29, 1.82) is 0 Å². The van der Waals surface area contributed by atoms with E-state index < -0.39 is 15.9 Å². The lowest BCUT2D eigenvalue weighted by Crippen LogP contribution is -2.30. The second-order valence-corrected chi connectivity index (χ2v) is 9.22. The summed E-state index contributed by atoms with van der Waals surface area (Å²) in [7, 11) is -2.53. The normalized spacial score (nSPS) is 11.1. The van der Waals surface area contributed by atoms with Crippen molar-refractivity contribution >= 4 is 15.9 Å². The van der Waals surface area contributed by atoms with Gasteiger partial charge in [-0.05, 0) is 55.5 Å². The van der Waals surface area contributed by atoms with Crippen molar-refractivity contribution in [3.05, 3.63) is 101 Å². The summed E-state index contributed by atoms with van der Waals surface area (Å²) in [6.45, 7) is 1.75. The van der Waals surface area contributed by atoms with Crippen LogP contribution in [0.2, 0.25) is 0 Å². The van der Waals surface area contributed by atoms with Crippen LogP contribution < -0.4 is 18.9 Å². The maximum atomic E-state index is 12.5. The fourth-order valence-corrected chi connectivity index (χ4v) is 4.27. The van der Waals surface area contributed by atoms with Crippen molar-refractivity contribution in [2.75, 3.05) is 7.11 Å². The smallest absolute Gasteiger partial charge is 0.300 e. The molecule has 2 heterocycles. The van der Waals surface area contributed by atoms with Crippen LogP contribution in [0.15, 0.2) is 88.3 Å². The number of ether oxygens (including phenoxy) is 2. The summed E-state index contributed by atoms with van der Waals surface area (Å²) in [5.74, 6) is 0.408. The van der Waals surface area contributed by atoms with Gasteiger partial charge in [-0.1, -0.05) is 18.2 Å². The van der Waals surface area contributed by atoms with Gasteiger partial charge in [0, 0.05) is 17.2 Å². The molecule has 4 rings (SSSR count). The fraction of sp³-hybridized carbons (Fsp3) is 0.120. The van der Waals surface area contributed by atoms with Crippen LogP contribution in [0.1, 0.15) is 21.9 Å². The number of sulfonamides is 1. The second-order valence-electron chi connectivity index (χ2n) is 7.53. The third-order valence-corrected chi connectivity index (χ3v) is 6.54. The van der Waals surface area contributed by atoms with Crippen molar-refractivity contribution in [2.24, 2.45) is 0 Å². The largest absolute Gasteiger partial charge is 0.618 e. The van der Waals surface area contributed by atoms with Crippen LogP contribution in [0.3, 0.4) is 0 Å². The molecule has 1 amide bonds. The fourth-order valence-electron chi connectivity index (χ4n) is 3.30. The van der Waals surface area contributed by atoms with Crippen LogP contribution in [-0.2, 0) is 16.6 Å². The van der Waals surface area contributed by atoms with Gasteiger partial charge in [0.15, 0.2) is 11.5 Å². The van der Waals surface area contributed by atoms with Gasteiger partial charge in [-0.2, -0.15) is 4.73 Å². The molecule has 0 saturated carbocycles. The van der Waals surface area contributed by atoms with E-state index in [0.717, 1.165) is 4.73 Å². The first-order chi connectivity index (χ1) is 16.8. The molecule has 0 unspecified atom stereocenters. The van der Waals surface area contributed by atoms with Gasteiger partial charge in [0.25, 0.3) is 10.0 Å². The van der Waals surface area contributed by atoms with Crippen molar-refractivity contribution in [3.63, 3.8) is 0 Å². The molecular weight excluding hydrogens is 472 g/mol. The van der Waals surface area contributed by atoms with Crippen molar-refractivity contribution in [2.45, 2.75) is 18.4 Å². The van der Waals surface area contributed by atoms with E-state index in [1.54, 1.807) is 61.5 Å². The number of aromatic nitrogens is 1. The molecule has 4 aromatic rings. The lowest BCUT2D eigenvalue weighted by molar-refractivity contribution is -0.594. The molecule has 0 fully saturated rings. The maximum absolute atomic E-state index is 12.5. The first-order valence-corrected chi connectivity index (χ1v) is 12.0. The van der Waals surface area contributed by atoms with E-state index in [1.165, 1.54) is 31.5 Å². The van der Waals surface area contributed by atoms with Crippen LogP contribution in [-0.4, -0.2) is 21.4 Å². The van der Waals surface area contributed by atoms with E-state index in [1.807, 2.05) is 4.72 Å². The number of aryl methyl sites for hydroxylation is 1. The number of furan rings is 1. The maximum Gasteiger partial charge on any atom is 0.300 e. The van der Waals surface area contributed by atoms with Gasteiger partial charge in [0.05, 0.1) is 12.0 Å². The standard InChI is InChI=1S/C25H22N2O7S/c1-17-19(14-24(34-17)25(28)26-35(30,31)22-6-4-3-5-7-22)16-33-20-10-8-18(9-11-20)23-13-12-21(32-2)15-27(23)29/h3-15H,16H2,1-2H3,(H,26,28). The third-order valence-electron chi connectivity index (χ3n) is 5.19. The topological polar surface area (TPSA) is 122 Å². The minimum atomic E-state index is -4.02. The summed E-state index contributed by atoms with van der Waals surface area (Å²) in [6, 6.07) is 19.3. The molecule has 180 valence electrons. The minimum absolute atomic E-state index is 0.0271. The van der Waals surface area contributed by atoms with E-state index in [-0.39, 0.29) is 17.3 Å². The van der Waals surface area contributed by atoms with E-state index >= 15 is 0 Å². The van der Waals surface area contributed by atoms with Crippen molar-refractivity contribution in [1.82, 2.24) is 4.72 Å². The monoisotopic (exact) mass is 494 g/mol.